The summed E-state index contributed by atoms with van der Waals surface area (Å²) in [5.74, 6) is -1.50. The Morgan fingerprint density at radius 2 is 2.03 bits per heavy atom. The summed E-state index contributed by atoms with van der Waals surface area (Å²) >= 11 is 0. The van der Waals surface area contributed by atoms with Gasteiger partial charge in [0.2, 0.25) is 5.91 Å². The molecule has 2 aromatic carbocycles. The van der Waals surface area contributed by atoms with Crippen LogP contribution in [0.5, 0.6) is 0 Å². The third kappa shape index (κ3) is 3.57. The fourth-order valence-electron chi connectivity index (χ4n) is 5.12. The van der Waals surface area contributed by atoms with Crippen molar-refractivity contribution >= 4 is 5.91 Å². The molecule has 0 fully saturated rings. The molecule has 34 heavy (non-hydrogen) atoms. The summed E-state index contributed by atoms with van der Waals surface area (Å²) in [6, 6.07) is 10.5. The van der Waals surface area contributed by atoms with E-state index in [9.17, 15) is 23.9 Å². The maximum Gasteiger partial charge on any atom is 0.225 e. The van der Waals surface area contributed by atoms with Gasteiger partial charge in [0.15, 0.2) is 0 Å². The number of hydrogen-bond acceptors (Lipinski definition) is 4. The zero-order valence-corrected chi connectivity index (χ0v) is 18.9. The van der Waals surface area contributed by atoms with Gasteiger partial charge in [0, 0.05) is 54.7 Å². The molecule has 6 nitrogen and oxygen atoms in total. The van der Waals surface area contributed by atoms with E-state index in [0.29, 0.717) is 47.5 Å². The standard InChI is InChI=1S/C26H24F2N4O2/c1-14(2)26(34)31-7-6-22-20(13-31)24(16-5-3-4-15(8-16)12-29)30-32(22)25-19-9-17(27)10-21(28)18(19)11-23(25)33/h3-5,8-10,14,23,25,33H,6-7,11,13H2,1-2H3/t23-,25-/m1/s1. The highest BCUT2D eigenvalue weighted by Crippen LogP contribution is 2.40. The second kappa shape index (κ2) is 8.33. The number of hydrogen-bond donors (Lipinski definition) is 1. The summed E-state index contributed by atoms with van der Waals surface area (Å²) in [6.45, 7) is 4.53. The van der Waals surface area contributed by atoms with Gasteiger partial charge < -0.3 is 10.0 Å². The lowest BCUT2D eigenvalue weighted by Crippen LogP contribution is -2.39. The van der Waals surface area contributed by atoms with E-state index in [0.717, 1.165) is 17.3 Å². The molecular formula is C26H24F2N4O2. The first kappa shape index (κ1) is 22.2. The number of benzene rings is 2. The number of nitriles is 1. The van der Waals surface area contributed by atoms with Crippen LogP contribution in [0.2, 0.25) is 0 Å². The van der Waals surface area contributed by atoms with Crippen LogP contribution in [0.1, 0.15) is 47.8 Å². The molecule has 2 aliphatic rings. The fraction of sp³-hybridized carbons (Fsp3) is 0.346. The van der Waals surface area contributed by atoms with E-state index in [1.54, 1.807) is 27.8 Å². The number of fused-ring (bicyclic) bond motifs is 2. The van der Waals surface area contributed by atoms with Gasteiger partial charge in [-0.2, -0.15) is 10.4 Å². The maximum absolute atomic E-state index is 14.5. The molecule has 1 aliphatic carbocycles. The van der Waals surface area contributed by atoms with Crippen LogP contribution in [-0.2, 0) is 24.2 Å². The van der Waals surface area contributed by atoms with E-state index in [4.69, 9.17) is 5.10 Å². The van der Waals surface area contributed by atoms with Crippen molar-refractivity contribution in [2.24, 2.45) is 5.92 Å². The summed E-state index contributed by atoms with van der Waals surface area (Å²) in [4.78, 5) is 14.5. The highest BCUT2D eigenvalue weighted by molar-refractivity contribution is 5.79. The molecule has 2 atom stereocenters. The largest absolute Gasteiger partial charge is 0.390 e. The lowest BCUT2D eigenvalue weighted by Gasteiger charge is -2.30. The highest BCUT2D eigenvalue weighted by Gasteiger charge is 2.39. The van der Waals surface area contributed by atoms with Crippen molar-refractivity contribution in [1.29, 1.82) is 5.26 Å². The Kier molecular flexibility index (Phi) is 5.45. The molecule has 5 rings (SSSR count). The zero-order valence-electron chi connectivity index (χ0n) is 18.9. The summed E-state index contributed by atoms with van der Waals surface area (Å²) < 4.78 is 30.3. The van der Waals surface area contributed by atoms with Crippen molar-refractivity contribution < 1.29 is 18.7 Å². The lowest BCUT2D eigenvalue weighted by molar-refractivity contribution is -0.135. The quantitative estimate of drug-likeness (QED) is 0.643. The molecule has 0 bridgehead atoms. The predicted octanol–water partition coefficient (Wildman–Crippen LogP) is 3.75. The first-order valence-corrected chi connectivity index (χ1v) is 11.3. The van der Waals surface area contributed by atoms with Crippen LogP contribution >= 0.6 is 0 Å². The van der Waals surface area contributed by atoms with Gasteiger partial charge in [0.25, 0.3) is 0 Å². The molecule has 174 valence electrons. The molecule has 8 heteroatoms. The van der Waals surface area contributed by atoms with Crippen LogP contribution in [0, 0.1) is 28.9 Å². The number of halogens is 2. The Labute approximate surface area is 196 Å². The average molecular weight is 463 g/mol. The minimum absolute atomic E-state index is 0.0329. The molecule has 0 saturated carbocycles. The average Bonchev–Trinajstić information content (AvgIpc) is 3.35. The zero-order chi connectivity index (χ0) is 24.1. The second-order valence-corrected chi connectivity index (χ2v) is 9.25. The Morgan fingerprint density at radius 1 is 1.24 bits per heavy atom. The van der Waals surface area contributed by atoms with Crippen LogP contribution in [-0.4, -0.2) is 38.3 Å². The molecule has 0 unspecified atom stereocenters. The SMILES string of the molecule is CC(C)C(=O)N1CCc2c(c(-c3cccc(C#N)c3)nn2[C@@H]2c3cc(F)cc(F)c3C[C@H]2O)C1. The van der Waals surface area contributed by atoms with E-state index >= 15 is 0 Å². The van der Waals surface area contributed by atoms with Gasteiger partial charge in [0.1, 0.15) is 17.7 Å². The third-order valence-electron chi connectivity index (χ3n) is 6.71. The minimum Gasteiger partial charge on any atom is -0.390 e. The van der Waals surface area contributed by atoms with Gasteiger partial charge in [-0.1, -0.05) is 26.0 Å². The van der Waals surface area contributed by atoms with Crippen LogP contribution in [0.25, 0.3) is 11.3 Å². The maximum atomic E-state index is 14.5. The molecular weight excluding hydrogens is 438 g/mol. The molecule has 2 heterocycles. The van der Waals surface area contributed by atoms with Gasteiger partial charge in [0.05, 0.1) is 23.4 Å². The smallest absolute Gasteiger partial charge is 0.225 e. The number of aromatic nitrogens is 2. The van der Waals surface area contributed by atoms with Crippen LogP contribution < -0.4 is 0 Å². The Hall–Kier alpha value is -3.57. The number of rotatable bonds is 3. The highest BCUT2D eigenvalue weighted by atomic mass is 19.1. The van der Waals surface area contributed by atoms with Crippen LogP contribution in [0.3, 0.4) is 0 Å². The fourth-order valence-corrected chi connectivity index (χ4v) is 5.12. The van der Waals surface area contributed by atoms with Gasteiger partial charge in [-0.05, 0) is 29.3 Å². The summed E-state index contributed by atoms with van der Waals surface area (Å²) in [7, 11) is 0. The Balaban J connectivity index is 1.68. The molecule has 1 aliphatic heterocycles. The van der Waals surface area contributed by atoms with E-state index in [1.165, 1.54) is 6.07 Å². The molecule has 0 saturated heterocycles. The number of carbonyl (C=O) groups excluding carboxylic acids is 1. The van der Waals surface area contributed by atoms with Crippen molar-refractivity contribution in [1.82, 2.24) is 14.7 Å². The number of aliphatic hydroxyl groups is 1. The van der Waals surface area contributed by atoms with Crippen molar-refractivity contribution in [3.8, 4) is 17.3 Å². The van der Waals surface area contributed by atoms with Crippen LogP contribution in [0.4, 0.5) is 8.78 Å². The third-order valence-corrected chi connectivity index (χ3v) is 6.71. The molecule has 1 N–H and O–H groups in total. The van der Waals surface area contributed by atoms with Gasteiger partial charge >= 0.3 is 0 Å². The molecule has 0 radical (unpaired) electrons. The molecule has 1 amide bonds. The summed E-state index contributed by atoms with van der Waals surface area (Å²) in [5, 5.41) is 25.1. The number of nitrogens with zero attached hydrogens (tertiary/aromatic N) is 4. The van der Waals surface area contributed by atoms with E-state index in [-0.39, 0.29) is 18.2 Å². The van der Waals surface area contributed by atoms with E-state index in [1.807, 2.05) is 19.9 Å². The molecule has 0 spiro atoms. The van der Waals surface area contributed by atoms with Crippen molar-refractivity contribution in [2.75, 3.05) is 6.54 Å². The predicted molar refractivity (Wildman–Crippen MR) is 121 cm³/mol. The van der Waals surface area contributed by atoms with Crippen molar-refractivity contribution in [2.45, 2.75) is 45.4 Å². The Bertz CT molecular complexity index is 1340. The van der Waals surface area contributed by atoms with E-state index in [2.05, 4.69) is 6.07 Å². The summed E-state index contributed by atoms with van der Waals surface area (Å²) in [6.07, 6.45) is -0.406. The molecule has 1 aromatic heterocycles. The molecule has 3 aromatic rings. The van der Waals surface area contributed by atoms with Crippen molar-refractivity contribution in [3.63, 3.8) is 0 Å². The first-order chi connectivity index (χ1) is 16.3. The lowest BCUT2D eigenvalue weighted by atomic mass is 9.98. The van der Waals surface area contributed by atoms with Gasteiger partial charge in [-0.25, -0.2) is 8.78 Å². The number of carbonyl (C=O) groups is 1. The first-order valence-electron chi connectivity index (χ1n) is 11.3. The van der Waals surface area contributed by atoms with Crippen LogP contribution in [0.15, 0.2) is 36.4 Å². The van der Waals surface area contributed by atoms with E-state index < -0.39 is 23.8 Å². The van der Waals surface area contributed by atoms with Gasteiger partial charge in [-0.15, -0.1) is 0 Å². The number of amides is 1. The van der Waals surface area contributed by atoms with Crippen molar-refractivity contribution in [3.05, 3.63) is 76.0 Å². The Morgan fingerprint density at radius 3 is 2.76 bits per heavy atom. The normalized spacial score (nSPS) is 19.1. The summed E-state index contributed by atoms with van der Waals surface area (Å²) in [5.41, 5.74) is 4.12. The number of aliphatic hydroxyl groups excluding tert-OH is 1. The van der Waals surface area contributed by atoms with Gasteiger partial charge in [-0.3, -0.25) is 9.48 Å². The topological polar surface area (TPSA) is 82.2 Å². The monoisotopic (exact) mass is 462 g/mol. The minimum atomic E-state index is -0.969. The second-order valence-electron chi connectivity index (χ2n) is 9.25.